The zero-order valence-electron chi connectivity index (χ0n) is 19.4. The molecule has 2 aromatic heterocycles. The van der Waals surface area contributed by atoms with E-state index in [2.05, 4.69) is 20.7 Å². The molecule has 0 spiro atoms. The fourth-order valence-corrected chi connectivity index (χ4v) is 4.03. The number of aliphatic hydroxyl groups is 1. The first-order chi connectivity index (χ1) is 16.5. The third kappa shape index (κ3) is 4.46. The van der Waals surface area contributed by atoms with Gasteiger partial charge in [-0.2, -0.15) is 9.61 Å². The van der Waals surface area contributed by atoms with Crippen LogP contribution in [0.2, 0.25) is 0 Å². The van der Waals surface area contributed by atoms with Crippen LogP contribution in [0.5, 0.6) is 0 Å². The van der Waals surface area contributed by atoms with Crippen LogP contribution in [0.1, 0.15) is 36.0 Å². The van der Waals surface area contributed by atoms with Gasteiger partial charge in [-0.05, 0) is 37.8 Å². The summed E-state index contributed by atoms with van der Waals surface area (Å²) in [5.74, 6) is 1.52. The van der Waals surface area contributed by atoms with Crippen molar-refractivity contribution in [3.8, 4) is 22.6 Å². The second-order valence-electron chi connectivity index (χ2n) is 8.72. The number of aliphatic hydroxyl groups excluding tert-OH is 1. The molecule has 3 aliphatic heterocycles. The van der Waals surface area contributed by atoms with Gasteiger partial charge in [0.05, 0.1) is 24.6 Å². The molecule has 0 radical (unpaired) electrons. The summed E-state index contributed by atoms with van der Waals surface area (Å²) in [5, 5.41) is 19.3. The number of amides is 1. The van der Waals surface area contributed by atoms with E-state index in [4.69, 9.17) is 14.8 Å². The maximum Gasteiger partial charge on any atom is 0.256 e. The van der Waals surface area contributed by atoms with Crippen LogP contribution in [-0.4, -0.2) is 67.6 Å². The summed E-state index contributed by atoms with van der Waals surface area (Å²) in [4.78, 5) is 21.9. The Bertz CT molecular complexity index is 1270. The first-order valence-electron chi connectivity index (χ1n) is 11.6. The molecule has 10 heteroatoms. The number of rotatable bonds is 4. The van der Waals surface area contributed by atoms with Crippen LogP contribution in [0.15, 0.2) is 36.8 Å². The molecule has 2 aromatic rings. The predicted octanol–water partition coefficient (Wildman–Crippen LogP) is 2.33. The Hall–Kier alpha value is -3.50. The number of nitrogens with zero attached hydrogens (tertiary/aromatic N) is 5. The first kappa shape index (κ1) is 22.3. The Balaban J connectivity index is 0.000000297. The molecule has 4 aliphatic rings. The zero-order valence-corrected chi connectivity index (χ0v) is 19.4. The number of pyridine rings is 1. The van der Waals surface area contributed by atoms with Gasteiger partial charge in [-0.25, -0.2) is 9.97 Å². The second-order valence-corrected chi connectivity index (χ2v) is 8.72. The number of nitrogens with one attached hydrogen (secondary N) is 2. The highest BCUT2D eigenvalue weighted by molar-refractivity contribution is 6.00. The smallest absolute Gasteiger partial charge is 0.256 e. The van der Waals surface area contributed by atoms with E-state index >= 15 is 0 Å². The van der Waals surface area contributed by atoms with E-state index in [1.807, 2.05) is 49.3 Å². The topological polar surface area (TPSA) is 119 Å². The molecular formula is C24H29N7O3. The molecule has 0 bridgehead atoms. The number of anilines is 1. The Labute approximate surface area is 197 Å². The van der Waals surface area contributed by atoms with Crippen molar-refractivity contribution in [1.82, 2.24) is 29.5 Å². The monoisotopic (exact) mass is 463 g/mol. The first-order valence-corrected chi connectivity index (χ1v) is 11.6. The van der Waals surface area contributed by atoms with Crippen LogP contribution < -0.4 is 10.6 Å². The highest BCUT2D eigenvalue weighted by atomic mass is 16.5. The van der Waals surface area contributed by atoms with Crippen molar-refractivity contribution in [3.63, 3.8) is 0 Å². The van der Waals surface area contributed by atoms with Crippen LogP contribution in [0.25, 0.3) is 28.3 Å². The number of hydrogen-bond acceptors (Lipinski definition) is 7. The molecule has 0 aromatic carbocycles. The maximum atomic E-state index is 12.6. The molecule has 1 aliphatic carbocycles. The SMILES string of the molecule is CNc1cc(-c2cnc3n(C)cccc2-3)nc2c(C(=O)NC3CC3)cnn12.OC1CCCOC1. The second kappa shape index (κ2) is 9.40. The van der Waals surface area contributed by atoms with E-state index in [9.17, 15) is 4.79 Å². The molecular weight excluding hydrogens is 434 g/mol. The molecule has 1 unspecified atom stereocenters. The summed E-state index contributed by atoms with van der Waals surface area (Å²) in [6, 6.07) is 6.21. The van der Waals surface area contributed by atoms with Gasteiger partial charge in [-0.15, -0.1) is 0 Å². The third-order valence-corrected chi connectivity index (χ3v) is 6.05. The minimum atomic E-state index is -0.186. The molecule has 1 saturated heterocycles. The number of carbonyl (C=O) groups is 1. The summed E-state index contributed by atoms with van der Waals surface area (Å²) in [6.07, 6.45) is 9.18. The highest BCUT2D eigenvalue weighted by Gasteiger charge is 2.26. The average molecular weight is 464 g/mol. The molecule has 2 fully saturated rings. The van der Waals surface area contributed by atoms with Crippen molar-refractivity contribution >= 4 is 17.4 Å². The lowest BCUT2D eigenvalue weighted by molar-refractivity contribution is -0.00535. The highest BCUT2D eigenvalue weighted by Crippen LogP contribution is 2.33. The minimum Gasteiger partial charge on any atom is -0.391 e. The average Bonchev–Trinajstić information content (AvgIpc) is 3.38. The molecule has 10 nitrogen and oxygen atoms in total. The van der Waals surface area contributed by atoms with E-state index in [0.29, 0.717) is 17.8 Å². The third-order valence-electron chi connectivity index (χ3n) is 6.05. The Morgan fingerprint density at radius 2 is 2.09 bits per heavy atom. The molecule has 1 saturated carbocycles. The quantitative estimate of drug-likeness (QED) is 0.425. The number of aryl methyl sites for hydroxylation is 1. The maximum absolute atomic E-state index is 12.6. The Morgan fingerprint density at radius 1 is 1.24 bits per heavy atom. The standard InChI is InChI=1S/C19H19N7O.C5H10O2/c1-20-16-8-15(13-9-21-17-12(13)4-3-7-25(17)2)24-18-14(10-22-26(16)18)19(27)23-11-5-6-11;6-5-2-1-3-7-4-5/h3-4,7-11,20H,5-6H2,1-2H3,(H,23,27);5-6H,1-4H2. The van der Waals surface area contributed by atoms with E-state index in [1.54, 1.807) is 10.7 Å². The number of hydrogen-bond donors (Lipinski definition) is 3. The van der Waals surface area contributed by atoms with Gasteiger partial charge in [0.1, 0.15) is 17.2 Å². The Kier molecular flexibility index (Phi) is 6.16. The van der Waals surface area contributed by atoms with Crippen LogP contribution in [0.4, 0.5) is 5.82 Å². The van der Waals surface area contributed by atoms with Crippen LogP contribution >= 0.6 is 0 Å². The summed E-state index contributed by atoms with van der Waals surface area (Å²) in [7, 11) is 3.79. The molecule has 1 amide bonds. The van der Waals surface area contributed by atoms with Gasteiger partial charge >= 0.3 is 0 Å². The molecule has 178 valence electrons. The van der Waals surface area contributed by atoms with Gasteiger partial charge in [-0.1, -0.05) is 0 Å². The van der Waals surface area contributed by atoms with E-state index in [-0.39, 0.29) is 18.1 Å². The van der Waals surface area contributed by atoms with E-state index in [1.165, 1.54) is 0 Å². The summed E-state index contributed by atoms with van der Waals surface area (Å²) < 4.78 is 8.56. The van der Waals surface area contributed by atoms with Crippen molar-refractivity contribution in [2.24, 2.45) is 7.05 Å². The predicted molar refractivity (Wildman–Crippen MR) is 128 cm³/mol. The van der Waals surface area contributed by atoms with Gasteiger partial charge in [0.15, 0.2) is 5.65 Å². The molecule has 1 atom stereocenters. The van der Waals surface area contributed by atoms with Crippen molar-refractivity contribution < 1.29 is 14.6 Å². The molecule has 6 rings (SSSR count). The van der Waals surface area contributed by atoms with Crippen molar-refractivity contribution in [2.75, 3.05) is 25.6 Å². The summed E-state index contributed by atoms with van der Waals surface area (Å²) in [6.45, 7) is 1.37. The zero-order chi connectivity index (χ0) is 23.7. The normalized spacial score (nSPS) is 17.9. The van der Waals surface area contributed by atoms with Crippen molar-refractivity contribution in [2.45, 2.75) is 37.8 Å². The molecule has 5 heterocycles. The van der Waals surface area contributed by atoms with E-state index < -0.39 is 0 Å². The van der Waals surface area contributed by atoms with E-state index in [0.717, 1.165) is 60.8 Å². The van der Waals surface area contributed by atoms with Crippen LogP contribution in [0, 0.1) is 0 Å². The van der Waals surface area contributed by atoms with Gasteiger partial charge in [0.2, 0.25) is 0 Å². The van der Waals surface area contributed by atoms with Gasteiger partial charge < -0.3 is 25.0 Å². The molecule has 3 N–H and O–H groups in total. The number of fused-ring (bicyclic) bond motifs is 2. The largest absolute Gasteiger partial charge is 0.391 e. The summed E-state index contributed by atoms with van der Waals surface area (Å²) >= 11 is 0. The van der Waals surface area contributed by atoms with Crippen LogP contribution in [-0.2, 0) is 11.8 Å². The van der Waals surface area contributed by atoms with Gasteiger partial charge in [0.25, 0.3) is 5.91 Å². The van der Waals surface area contributed by atoms with Crippen molar-refractivity contribution in [3.05, 3.63) is 42.4 Å². The fourth-order valence-electron chi connectivity index (χ4n) is 4.03. The van der Waals surface area contributed by atoms with Crippen molar-refractivity contribution in [1.29, 1.82) is 0 Å². The van der Waals surface area contributed by atoms with Crippen LogP contribution in [0.3, 0.4) is 0 Å². The minimum absolute atomic E-state index is 0.129. The fraction of sp³-hybridized carbons (Fsp3) is 0.417. The lowest BCUT2D eigenvalue weighted by atomic mass is 10.1. The number of ether oxygens (including phenoxy) is 1. The van der Waals surface area contributed by atoms with Gasteiger partial charge in [0, 0.05) is 56.3 Å². The Morgan fingerprint density at radius 3 is 2.76 bits per heavy atom. The lowest BCUT2D eigenvalue weighted by Crippen LogP contribution is -2.25. The van der Waals surface area contributed by atoms with Gasteiger partial charge in [-0.3, -0.25) is 4.79 Å². The number of aromatic nitrogens is 5. The lowest BCUT2D eigenvalue weighted by Gasteiger charge is -2.15. The summed E-state index contributed by atoms with van der Waals surface area (Å²) in [5.41, 5.74) is 3.71. The number of carbonyl (C=O) groups excluding carboxylic acids is 1. The molecule has 34 heavy (non-hydrogen) atoms.